The van der Waals surface area contributed by atoms with Crippen molar-refractivity contribution in [2.75, 3.05) is 7.11 Å². The van der Waals surface area contributed by atoms with Crippen LogP contribution in [0.25, 0.3) is 11.1 Å². The van der Waals surface area contributed by atoms with Crippen LogP contribution in [0.1, 0.15) is 45.2 Å². The van der Waals surface area contributed by atoms with Gasteiger partial charge in [0.25, 0.3) is 0 Å². The molecular formula is C18H21FO4. The number of carbonyl (C=O) groups is 1. The van der Waals surface area contributed by atoms with Gasteiger partial charge in [-0.1, -0.05) is 6.92 Å². The van der Waals surface area contributed by atoms with E-state index < -0.39 is 17.4 Å². The Morgan fingerprint density at radius 1 is 1.39 bits per heavy atom. The van der Waals surface area contributed by atoms with Crippen LogP contribution in [-0.2, 0) is 4.79 Å². The Balaban J connectivity index is 2.70. The minimum atomic E-state index is -1.59. The molecule has 1 aliphatic heterocycles. The molecule has 0 radical (unpaired) electrons. The van der Waals surface area contributed by atoms with Crippen LogP contribution in [0.15, 0.2) is 24.0 Å². The number of ether oxygens (including phenoxy) is 2. The highest BCUT2D eigenvalue weighted by Crippen LogP contribution is 2.43. The fraction of sp³-hybridized carbons (Fsp3) is 0.389. The minimum absolute atomic E-state index is 0.0254. The maximum Gasteiger partial charge on any atom is 0.365 e. The molecule has 4 nitrogen and oxygen atoms in total. The van der Waals surface area contributed by atoms with Gasteiger partial charge in [-0.2, -0.15) is 4.39 Å². The van der Waals surface area contributed by atoms with Gasteiger partial charge in [0.2, 0.25) is 5.83 Å². The lowest BCUT2D eigenvalue weighted by atomic mass is 9.90. The molecule has 0 saturated heterocycles. The van der Waals surface area contributed by atoms with Crippen LogP contribution in [-0.4, -0.2) is 23.8 Å². The molecule has 1 aliphatic rings. The summed E-state index contributed by atoms with van der Waals surface area (Å²) in [6.07, 6.45) is 2.81. The van der Waals surface area contributed by atoms with Gasteiger partial charge in [0, 0.05) is 22.8 Å². The molecule has 0 aromatic heterocycles. The highest BCUT2D eigenvalue weighted by atomic mass is 19.1. The van der Waals surface area contributed by atoms with E-state index in [-0.39, 0.29) is 5.57 Å². The average molecular weight is 320 g/mol. The second kappa shape index (κ2) is 6.07. The number of aliphatic carboxylic acids is 1. The van der Waals surface area contributed by atoms with Crippen LogP contribution in [0, 0.1) is 0 Å². The predicted octanol–water partition coefficient (Wildman–Crippen LogP) is 4.44. The van der Waals surface area contributed by atoms with Gasteiger partial charge in [0.1, 0.15) is 17.1 Å². The van der Waals surface area contributed by atoms with Gasteiger partial charge >= 0.3 is 5.97 Å². The number of hydrogen-bond acceptors (Lipinski definition) is 3. The van der Waals surface area contributed by atoms with E-state index in [0.29, 0.717) is 17.1 Å². The number of rotatable bonds is 4. The van der Waals surface area contributed by atoms with Crippen molar-refractivity contribution in [3.8, 4) is 11.5 Å². The summed E-state index contributed by atoms with van der Waals surface area (Å²) in [6.45, 7) is 7.38. The molecule has 1 aromatic carbocycles. The Bertz CT molecular complexity index is 714. The summed E-state index contributed by atoms with van der Waals surface area (Å²) in [6, 6.07) is 3.42. The molecule has 5 heteroatoms. The minimum Gasteiger partial charge on any atom is -0.496 e. The standard InChI is InChI=1S/C18H21FO4/c1-6-11-9-18(3,4)23-15-8-14(22-5)12(7-13(11)15)10(2)16(19)17(20)21/h7-9H,6H2,1-5H3,(H,20,21)/b16-10+. The molecule has 0 fully saturated rings. The number of allylic oxidation sites excluding steroid dienone is 2. The molecule has 0 spiro atoms. The maximum absolute atomic E-state index is 13.8. The van der Waals surface area contributed by atoms with Gasteiger partial charge in [0.05, 0.1) is 7.11 Å². The normalized spacial score (nSPS) is 16.7. The zero-order chi connectivity index (χ0) is 17.4. The summed E-state index contributed by atoms with van der Waals surface area (Å²) >= 11 is 0. The zero-order valence-corrected chi connectivity index (χ0v) is 14.0. The number of methoxy groups -OCH3 is 1. The van der Waals surface area contributed by atoms with E-state index in [4.69, 9.17) is 14.6 Å². The van der Waals surface area contributed by atoms with Gasteiger partial charge in [-0.3, -0.25) is 0 Å². The summed E-state index contributed by atoms with van der Waals surface area (Å²) in [4.78, 5) is 10.9. The summed E-state index contributed by atoms with van der Waals surface area (Å²) in [5.74, 6) is -1.75. The van der Waals surface area contributed by atoms with E-state index in [2.05, 4.69) is 0 Å². The first-order valence-electron chi connectivity index (χ1n) is 7.43. The van der Waals surface area contributed by atoms with E-state index in [1.807, 2.05) is 26.8 Å². The topological polar surface area (TPSA) is 55.8 Å². The van der Waals surface area contributed by atoms with Gasteiger partial charge in [0.15, 0.2) is 0 Å². The third kappa shape index (κ3) is 3.23. The monoisotopic (exact) mass is 320 g/mol. The van der Waals surface area contributed by atoms with Crippen LogP contribution >= 0.6 is 0 Å². The maximum atomic E-state index is 13.8. The van der Waals surface area contributed by atoms with Crippen molar-refractivity contribution in [3.63, 3.8) is 0 Å². The second-order valence-electron chi connectivity index (χ2n) is 6.02. The van der Waals surface area contributed by atoms with E-state index in [1.54, 1.807) is 12.1 Å². The Kier molecular flexibility index (Phi) is 4.50. The third-order valence-corrected chi connectivity index (χ3v) is 3.84. The average Bonchev–Trinajstić information content (AvgIpc) is 2.50. The van der Waals surface area contributed by atoms with Crippen LogP contribution in [0.5, 0.6) is 11.5 Å². The van der Waals surface area contributed by atoms with Crippen molar-refractivity contribution >= 4 is 17.1 Å². The van der Waals surface area contributed by atoms with Crippen LogP contribution in [0.2, 0.25) is 0 Å². The van der Waals surface area contributed by atoms with Crippen molar-refractivity contribution < 1.29 is 23.8 Å². The SMILES string of the molecule is CCC1=CC(C)(C)Oc2cc(OC)c(/C(C)=C(/F)C(=O)O)cc21. The molecular weight excluding hydrogens is 299 g/mol. The van der Waals surface area contributed by atoms with Crippen molar-refractivity contribution in [1.29, 1.82) is 0 Å². The van der Waals surface area contributed by atoms with Crippen molar-refractivity contribution in [2.45, 2.75) is 39.7 Å². The lowest BCUT2D eigenvalue weighted by Gasteiger charge is -2.32. The Morgan fingerprint density at radius 2 is 2.04 bits per heavy atom. The molecule has 1 heterocycles. The Hall–Kier alpha value is -2.30. The van der Waals surface area contributed by atoms with E-state index in [0.717, 1.165) is 17.6 Å². The molecule has 2 rings (SSSR count). The predicted molar refractivity (Wildman–Crippen MR) is 87.3 cm³/mol. The second-order valence-corrected chi connectivity index (χ2v) is 6.02. The lowest BCUT2D eigenvalue weighted by molar-refractivity contribution is -0.134. The summed E-state index contributed by atoms with van der Waals surface area (Å²) in [7, 11) is 1.46. The quantitative estimate of drug-likeness (QED) is 0.833. The number of benzene rings is 1. The van der Waals surface area contributed by atoms with E-state index in [9.17, 15) is 9.18 Å². The third-order valence-electron chi connectivity index (χ3n) is 3.84. The number of carboxylic acids is 1. The zero-order valence-electron chi connectivity index (χ0n) is 14.0. The number of fused-ring (bicyclic) bond motifs is 1. The van der Waals surface area contributed by atoms with Gasteiger partial charge in [-0.15, -0.1) is 0 Å². The molecule has 0 unspecified atom stereocenters. The molecule has 23 heavy (non-hydrogen) atoms. The molecule has 0 saturated carbocycles. The number of carboxylic acid groups (broad SMARTS) is 1. The first kappa shape index (κ1) is 17.1. The highest BCUT2D eigenvalue weighted by molar-refractivity contribution is 5.95. The highest BCUT2D eigenvalue weighted by Gasteiger charge is 2.28. The Labute approximate surface area is 135 Å². The summed E-state index contributed by atoms with van der Waals surface area (Å²) in [5, 5.41) is 8.87. The first-order chi connectivity index (χ1) is 10.7. The van der Waals surface area contributed by atoms with Crippen molar-refractivity contribution in [3.05, 3.63) is 35.2 Å². The largest absolute Gasteiger partial charge is 0.496 e. The summed E-state index contributed by atoms with van der Waals surface area (Å²) in [5.41, 5.74) is 1.90. The fourth-order valence-corrected chi connectivity index (χ4v) is 2.74. The molecule has 0 aliphatic carbocycles. The van der Waals surface area contributed by atoms with E-state index >= 15 is 0 Å². The van der Waals surface area contributed by atoms with Gasteiger partial charge in [-0.25, -0.2) is 4.79 Å². The molecule has 0 amide bonds. The van der Waals surface area contributed by atoms with Gasteiger partial charge < -0.3 is 14.6 Å². The van der Waals surface area contributed by atoms with Crippen molar-refractivity contribution in [1.82, 2.24) is 0 Å². The smallest absolute Gasteiger partial charge is 0.365 e. The van der Waals surface area contributed by atoms with Crippen LogP contribution in [0.4, 0.5) is 4.39 Å². The molecule has 0 atom stereocenters. The molecule has 124 valence electrons. The molecule has 1 aromatic rings. The molecule has 0 bridgehead atoms. The molecule has 1 N–H and O–H groups in total. The first-order valence-corrected chi connectivity index (χ1v) is 7.43. The lowest BCUT2D eigenvalue weighted by Crippen LogP contribution is -2.29. The number of hydrogen-bond donors (Lipinski definition) is 1. The Morgan fingerprint density at radius 3 is 2.57 bits per heavy atom. The van der Waals surface area contributed by atoms with Crippen molar-refractivity contribution in [2.24, 2.45) is 0 Å². The van der Waals surface area contributed by atoms with Crippen LogP contribution < -0.4 is 9.47 Å². The van der Waals surface area contributed by atoms with E-state index in [1.165, 1.54) is 14.0 Å². The fourth-order valence-electron chi connectivity index (χ4n) is 2.74. The van der Waals surface area contributed by atoms with Gasteiger partial charge in [-0.05, 0) is 44.9 Å². The summed E-state index contributed by atoms with van der Waals surface area (Å²) < 4.78 is 25.1. The number of halogens is 1. The van der Waals surface area contributed by atoms with Crippen LogP contribution in [0.3, 0.4) is 0 Å².